The zero-order valence-electron chi connectivity index (χ0n) is 19.2. The molecule has 0 unspecified atom stereocenters. The van der Waals surface area contributed by atoms with Crippen molar-refractivity contribution in [3.8, 4) is 0 Å². The average molecular weight is 451 g/mol. The maximum atomic E-state index is 13.3. The van der Waals surface area contributed by atoms with E-state index in [1.165, 1.54) is 0 Å². The van der Waals surface area contributed by atoms with Crippen molar-refractivity contribution in [1.29, 1.82) is 0 Å². The van der Waals surface area contributed by atoms with Gasteiger partial charge in [0.25, 0.3) is 0 Å². The second-order valence-electron chi connectivity index (χ2n) is 8.06. The molecule has 1 amide bonds. The molecule has 0 aliphatic rings. The van der Waals surface area contributed by atoms with Crippen LogP contribution in [0.5, 0.6) is 0 Å². The van der Waals surface area contributed by atoms with Crippen molar-refractivity contribution in [2.75, 3.05) is 17.2 Å². The zero-order chi connectivity index (χ0) is 23.5. The molecule has 0 saturated heterocycles. The molecular weight excluding hydrogens is 420 g/mol. The highest BCUT2D eigenvalue weighted by molar-refractivity contribution is 7.91. The number of carbonyl (C=O) groups excluding carboxylic acids is 1. The van der Waals surface area contributed by atoms with E-state index in [0.29, 0.717) is 16.8 Å². The molecule has 3 aromatic carbocycles. The summed E-state index contributed by atoms with van der Waals surface area (Å²) < 4.78 is 26.6. The molecule has 32 heavy (non-hydrogen) atoms. The maximum absolute atomic E-state index is 13.3. The van der Waals surface area contributed by atoms with Crippen LogP contribution in [-0.4, -0.2) is 20.9 Å². The van der Waals surface area contributed by atoms with Crippen LogP contribution in [0.25, 0.3) is 0 Å². The lowest BCUT2D eigenvalue weighted by molar-refractivity contribution is -0.114. The molecule has 0 aromatic heterocycles. The molecule has 0 atom stereocenters. The smallest absolute Gasteiger partial charge is 0.243 e. The SMILES string of the molecule is CCc1cccc(C)c1NC(=O)CNc1ccc(C)c(S(=O)(=O)c2ccc(C)cc2)c1C. The van der Waals surface area contributed by atoms with Gasteiger partial charge in [-0.05, 0) is 74.6 Å². The van der Waals surface area contributed by atoms with Crippen molar-refractivity contribution < 1.29 is 13.2 Å². The summed E-state index contributed by atoms with van der Waals surface area (Å²) in [5, 5.41) is 6.10. The maximum Gasteiger partial charge on any atom is 0.243 e. The van der Waals surface area contributed by atoms with Crippen molar-refractivity contribution >= 4 is 27.1 Å². The molecule has 0 bridgehead atoms. The Morgan fingerprint density at radius 2 is 1.56 bits per heavy atom. The summed E-state index contributed by atoms with van der Waals surface area (Å²) in [5.74, 6) is -0.183. The summed E-state index contributed by atoms with van der Waals surface area (Å²) in [6.07, 6.45) is 0.821. The van der Waals surface area contributed by atoms with Gasteiger partial charge < -0.3 is 10.6 Å². The Labute approximate surface area is 190 Å². The van der Waals surface area contributed by atoms with E-state index in [0.717, 1.165) is 28.8 Å². The fraction of sp³-hybridized carbons (Fsp3) is 0.269. The fourth-order valence-electron chi connectivity index (χ4n) is 3.83. The van der Waals surface area contributed by atoms with Gasteiger partial charge in [0.2, 0.25) is 15.7 Å². The predicted molar refractivity (Wildman–Crippen MR) is 130 cm³/mol. The van der Waals surface area contributed by atoms with Gasteiger partial charge in [0, 0.05) is 11.4 Å². The Hall–Kier alpha value is -3.12. The number of aryl methyl sites for hydroxylation is 4. The third-order valence-electron chi connectivity index (χ3n) is 5.65. The van der Waals surface area contributed by atoms with Crippen molar-refractivity contribution in [2.24, 2.45) is 0 Å². The zero-order valence-corrected chi connectivity index (χ0v) is 20.1. The minimum absolute atomic E-state index is 0.0331. The second kappa shape index (κ2) is 9.57. The lowest BCUT2D eigenvalue weighted by Gasteiger charge is -2.17. The van der Waals surface area contributed by atoms with Crippen molar-refractivity contribution in [2.45, 2.75) is 50.8 Å². The summed E-state index contributed by atoms with van der Waals surface area (Å²) in [4.78, 5) is 13.2. The Bertz CT molecular complexity index is 1250. The molecule has 168 valence electrons. The molecule has 0 aliphatic carbocycles. The molecule has 5 nitrogen and oxygen atoms in total. The van der Waals surface area contributed by atoms with Crippen LogP contribution in [-0.2, 0) is 21.1 Å². The van der Waals surface area contributed by atoms with Gasteiger partial charge in [0.15, 0.2) is 0 Å². The van der Waals surface area contributed by atoms with E-state index in [1.807, 2.05) is 45.0 Å². The summed E-state index contributed by atoms with van der Waals surface area (Å²) >= 11 is 0. The number of carbonyl (C=O) groups is 1. The van der Waals surface area contributed by atoms with Gasteiger partial charge in [0.05, 0.1) is 16.3 Å². The largest absolute Gasteiger partial charge is 0.376 e. The Balaban J connectivity index is 1.83. The molecular formula is C26H30N2O3S. The van der Waals surface area contributed by atoms with Crippen LogP contribution in [0.15, 0.2) is 64.4 Å². The predicted octanol–water partition coefficient (Wildman–Crippen LogP) is 5.37. The molecule has 0 aliphatic heterocycles. The number of hydrogen-bond acceptors (Lipinski definition) is 4. The van der Waals surface area contributed by atoms with Gasteiger partial charge in [-0.25, -0.2) is 8.42 Å². The molecule has 6 heteroatoms. The third kappa shape index (κ3) is 4.86. The minimum atomic E-state index is -3.68. The third-order valence-corrected chi connectivity index (χ3v) is 7.70. The number of amides is 1. The summed E-state index contributed by atoms with van der Waals surface area (Å²) in [5.41, 5.74) is 5.82. The molecule has 0 heterocycles. The van der Waals surface area contributed by atoms with Crippen LogP contribution in [0.3, 0.4) is 0 Å². The number of benzene rings is 3. The molecule has 2 N–H and O–H groups in total. The Kier molecular flexibility index (Phi) is 7.04. The van der Waals surface area contributed by atoms with Crippen molar-refractivity contribution in [1.82, 2.24) is 0 Å². The molecule has 0 saturated carbocycles. The number of nitrogens with one attached hydrogen (secondary N) is 2. The number of rotatable bonds is 7. The number of para-hydroxylation sites is 1. The second-order valence-corrected chi connectivity index (χ2v) is 9.95. The highest BCUT2D eigenvalue weighted by atomic mass is 32.2. The van der Waals surface area contributed by atoms with Crippen LogP contribution in [0, 0.1) is 27.7 Å². The van der Waals surface area contributed by atoms with Crippen molar-refractivity contribution in [3.05, 3.63) is 82.4 Å². The van der Waals surface area contributed by atoms with Gasteiger partial charge in [-0.1, -0.05) is 48.9 Å². The topological polar surface area (TPSA) is 75.3 Å². The lowest BCUT2D eigenvalue weighted by atomic mass is 10.1. The monoisotopic (exact) mass is 450 g/mol. The molecule has 0 radical (unpaired) electrons. The van der Waals surface area contributed by atoms with Crippen LogP contribution >= 0.6 is 0 Å². The number of hydrogen-bond donors (Lipinski definition) is 2. The molecule has 3 aromatic rings. The van der Waals surface area contributed by atoms with Gasteiger partial charge in [-0.15, -0.1) is 0 Å². The first-order chi connectivity index (χ1) is 15.1. The van der Waals surface area contributed by atoms with E-state index >= 15 is 0 Å². The highest BCUT2D eigenvalue weighted by Gasteiger charge is 2.24. The first kappa shape index (κ1) is 23.5. The fourth-order valence-corrected chi connectivity index (χ4v) is 5.56. The number of anilines is 2. The quantitative estimate of drug-likeness (QED) is 0.508. The summed E-state index contributed by atoms with van der Waals surface area (Å²) in [6.45, 7) is 9.52. The van der Waals surface area contributed by atoms with Crippen LogP contribution in [0.4, 0.5) is 11.4 Å². The van der Waals surface area contributed by atoms with Gasteiger partial charge in [-0.2, -0.15) is 0 Å². The van der Waals surface area contributed by atoms with Crippen LogP contribution < -0.4 is 10.6 Å². The first-order valence-electron chi connectivity index (χ1n) is 10.7. The van der Waals surface area contributed by atoms with Gasteiger partial charge in [-0.3, -0.25) is 4.79 Å². The van der Waals surface area contributed by atoms with Gasteiger partial charge >= 0.3 is 0 Å². The van der Waals surface area contributed by atoms with Gasteiger partial charge in [0.1, 0.15) is 0 Å². The Morgan fingerprint density at radius 3 is 2.22 bits per heavy atom. The van der Waals surface area contributed by atoms with E-state index in [2.05, 4.69) is 10.6 Å². The first-order valence-corrected chi connectivity index (χ1v) is 12.2. The summed E-state index contributed by atoms with van der Waals surface area (Å²) in [7, 11) is -3.68. The summed E-state index contributed by atoms with van der Waals surface area (Å²) in [6, 6.07) is 16.4. The highest BCUT2D eigenvalue weighted by Crippen LogP contribution is 2.31. The lowest BCUT2D eigenvalue weighted by Crippen LogP contribution is -2.23. The average Bonchev–Trinajstić information content (AvgIpc) is 2.74. The molecule has 3 rings (SSSR count). The molecule has 0 spiro atoms. The standard InChI is InChI=1S/C26H30N2O3S/c1-6-21-9-7-8-18(3)25(21)28-24(29)16-27-23-15-12-19(4)26(20(23)5)32(30,31)22-13-10-17(2)11-14-22/h7-15,27H,6,16H2,1-5H3,(H,28,29). The van der Waals surface area contributed by atoms with E-state index in [-0.39, 0.29) is 22.2 Å². The molecule has 0 fully saturated rings. The number of sulfone groups is 1. The minimum Gasteiger partial charge on any atom is -0.376 e. The van der Waals surface area contributed by atoms with E-state index in [9.17, 15) is 13.2 Å². The Morgan fingerprint density at radius 1 is 0.875 bits per heavy atom. The normalized spacial score (nSPS) is 11.3. The van der Waals surface area contributed by atoms with Crippen LogP contribution in [0.1, 0.15) is 34.7 Å². The van der Waals surface area contributed by atoms with Crippen LogP contribution in [0.2, 0.25) is 0 Å². The van der Waals surface area contributed by atoms with E-state index in [1.54, 1.807) is 44.2 Å². The van der Waals surface area contributed by atoms with Crippen molar-refractivity contribution in [3.63, 3.8) is 0 Å². The van der Waals surface area contributed by atoms with E-state index < -0.39 is 9.84 Å². The van der Waals surface area contributed by atoms with E-state index in [4.69, 9.17) is 0 Å².